The van der Waals surface area contributed by atoms with E-state index in [1.165, 1.54) is 0 Å². The predicted molar refractivity (Wildman–Crippen MR) is 32.3 cm³/mol. The second-order valence-corrected chi connectivity index (χ2v) is 1.88. The summed E-state index contributed by atoms with van der Waals surface area (Å²) in [5.74, 6) is 0. The molecule has 0 aliphatic heterocycles. The third kappa shape index (κ3) is 3.77. The van der Waals surface area contributed by atoms with Crippen LogP contribution in [0, 0.1) is 0 Å². The zero-order valence-electron chi connectivity index (χ0n) is 5.22. The molecule has 0 radical (unpaired) electrons. The number of hydrogen-bond acceptors (Lipinski definition) is 3. The molecule has 0 amide bonds. The third-order valence-corrected chi connectivity index (χ3v) is 0.730. The van der Waals surface area contributed by atoms with Crippen LogP contribution in [0.4, 0.5) is 0 Å². The zero-order valence-corrected chi connectivity index (χ0v) is 5.22. The van der Waals surface area contributed by atoms with Crippen LogP contribution in [-0.2, 0) is 4.79 Å². The van der Waals surface area contributed by atoms with Gasteiger partial charge in [0.05, 0.1) is 12.2 Å². The van der Waals surface area contributed by atoms with E-state index in [1.807, 2.05) is 0 Å². The molecule has 0 saturated heterocycles. The lowest BCUT2D eigenvalue weighted by Gasteiger charge is -2.09. The average Bonchev–Trinajstić information content (AvgIpc) is 1.65. The van der Waals surface area contributed by atoms with E-state index >= 15 is 0 Å². The number of hydrogen-bond donors (Lipinski definition) is 2. The van der Waals surface area contributed by atoms with E-state index in [4.69, 9.17) is 5.73 Å². The lowest BCUT2D eigenvalue weighted by atomic mass is 10.4. The molecule has 0 aromatic carbocycles. The van der Waals surface area contributed by atoms with Crippen molar-refractivity contribution in [3.8, 4) is 0 Å². The van der Waals surface area contributed by atoms with Crippen LogP contribution in [0.1, 0.15) is 13.8 Å². The summed E-state index contributed by atoms with van der Waals surface area (Å²) in [5, 5.41) is 2.80. The Bertz CT molecular complexity index is 72.8. The molecular formula is C5H12N2O. The Hall–Kier alpha value is -0.410. The van der Waals surface area contributed by atoms with Crippen molar-refractivity contribution in [3.63, 3.8) is 0 Å². The maximum Gasteiger partial charge on any atom is 0.136 e. The molecule has 0 aliphatic carbocycles. The second-order valence-electron chi connectivity index (χ2n) is 1.88. The Morgan fingerprint density at radius 1 is 1.62 bits per heavy atom. The highest BCUT2D eigenvalue weighted by Gasteiger charge is 1.98. The minimum Gasteiger partial charge on any atom is -0.316 e. The highest BCUT2D eigenvalue weighted by Crippen LogP contribution is 1.73. The van der Waals surface area contributed by atoms with E-state index in [9.17, 15) is 4.79 Å². The fourth-order valence-electron chi connectivity index (χ4n) is 0.454. The van der Waals surface area contributed by atoms with Crippen LogP contribution in [-0.4, -0.2) is 18.5 Å². The Kier molecular flexibility index (Phi) is 3.39. The number of nitrogens with two attached hydrogens (primary N) is 1. The van der Waals surface area contributed by atoms with Gasteiger partial charge in [0, 0.05) is 0 Å². The molecule has 0 aliphatic rings. The van der Waals surface area contributed by atoms with Gasteiger partial charge in [-0.1, -0.05) is 0 Å². The molecule has 2 unspecified atom stereocenters. The molecule has 3 nitrogen and oxygen atoms in total. The maximum absolute atomic E-state index is 9.92. The Morgan fingerprint density at radius 3 is 2.25 bits per heavy atom. The summed E-state index contributed by atoms with van der Waals surface area (Å²) in [4.78, 5) is 9.92. The first-order chi connectivity index (χ1) is 3.66. The molecule has 48 valence electrons. The number of nitrogens with one attached hydrogen (secondary N) is 1. The SMILES string of the molecule is CC(N)NC(C)C=O. The van der Waals surface area contributed by atoms with Crippen LogP contribution in [0.15, 0.2) is 0 Å². The minimum atomic E-state index is -0.130. The van der Waals surface area contributed by atoms with E-state index in [-0.39, 0.29) is 12.2 Å². The first kappa shape index (κ1) is 7.59. The fraction of sp³-hybridized carbons (Fsp3) is 0.800. The van der Waals surface area contributed by atoms with Crippen LogP contribution >= 0.6 is 0 Å². The number of aldehydes is 1. The quantitative estimate of drug-likeness (QED) is 0.385. The Balaban J connectivity index is 3.23. The molecule has 0 spiro atoms. The summed E-state index contributed by atoms with van der Waals surface area (Å²) in [7, 11) is 0. The molecule has 3 N–H and O–H groups in total. The van der Waals surface area contributed by atoms with Gasteiger partial charge in [0.15, 0.2) is 0 Å². The number of rotatable bonds is 3. The van der Waals surface area contributed by atoms with Crippen LogP contribution in [0.3, 0.4) is 0 Å². The molecular weight excluding hydrogens is 104 g/mol. The fourth-order valence-corrected chi connectivity index (χ4v) is 0.454. The topological polar surface area (TPSA) is 55.1 Å². The lowest BCUT2D eigenvalue weighted by Crippen LogP contribution is -2.41. The van der Waals surface area contributed by atoms with Gasteiger partial charge in [0.1, 0.15) is 6.29 Å². The number of carbonyl (C=O) groups is 1. The molecule has 0 bridgehead atoms. The van der Waals surface area contributed by atoms with E-state index in [0.717, 1.165) is 6.29 Å². The van der Waals surface area contributed by atoms with Gasteiger partial charge in [-0.3, -0.25) is 5.32 Å². The largest absolute Gasteiger partial charge is 0.316 e. The first-order valence-corrected chi connectivity index (χ1v) is 2.63. The van der Waals surface area contributed by atoms with Gasteiger partial charge in [-0.25, -0.2) is 0 Å². The molecule has 0 rings (SSSR count). The van der Waals surface area contributed by atoms with E-state index in [0.29, 0.717) is 0 Å². The standard InChI is InChI=1S/C5H12N2O/c1-4(3-8)7-5(2)6/h3-5,7H,6H2,1-2H3. The highest BCUT2D eigenvalue weighted by atomic mass is 16.1. The van der Waals surface area contributed by atoms with Crippen LogP contribution in [0.5, 0.6) is 0 Å². The van der Waals surface area contributed by atoms with Crippen molar-refractivity contribution in [2.24, 2.45) is 5.73 Å². The zero-order chi connectivity index (χ0) is 6.57. The highest BCUT2D eigenvalue weighted by molar-refractivity contribution is 5.56. The molecule has 2 atom stereocenters. The Morgan fingerprint density at radius 2 is 2.12 bits per heavy atom. The average molecular weight is 116 g/mol. The summed E-state index contributed by atoms with van der Waals surface area (Å²) in [5.41, 5.74) is 5.30. The molecule has 8 heavy (non-hydrogen) atoms. The van der Waals surface area contributed by atoms with Gasteiger partial charge in [-0.2, -0.15) is 0 Å². The Labute approximate surface area is 49.3 Å². The summed E-state index contributed by atoms with van der Waals surface area (Å²) < 4.78 is 0. The number of carbonyl (C=O) groups excluding carboxylic acids is 1. The second kappa shape index (κ2) is 3.57. The van der Waals surface area contributed by atoms with Crippen molar-refractivity contribution in [2.75, 3.05) is 0 Å². The summed E-state index contributed by atoms with van der Waals surface area (Å²) >= 11 is 0. The summed E-state index contributed by atoms with van der Waals surface area (Å²) in [6.07, 6.45) is 0.721. The van der Waals surface area contributed by atoms with Crippen molar-refractivity contribution < 1.29 is 4.79 Å². The van der Waals surface area contributed by atoms with Crippen molar-refractivity contribution in [1.82, 2.24) is 5.32 Å². The van der Waals surface area contributed by atoms with Crippen molar-refractivity contribution in [2.45, 2.75) is 26.1 Å². The predicted octanol–water partition coefficient (Wildman–Crippen LogP) is -0.532. The van der Waals surface area contributed by atoms with E-state index < -0.39 is 0 Å². The minimum absolute atomic E-state index is 0.102. The normalized spacial score (nSPS) is 17.4. The molecule has 3 heteroatoms. The van der Waals surface area contributed by atoms with Gasteiger partial charge >= 0.3 is 0 Å². The van der Waals surface area contributed by atoms with Crippen LogP contribution in [0.25, 0.3) is 0 Å². The van der Waals surface area contributed by atoms with Gasteiger partial charge in [0.25, 0.3) is 0 Å². The molecule has 0 aromatic rings. The van der Waals surface area contributed by atoms with Gasteiger partial charge in [-0.15, -0.1) is 0 Å². The third-order valence-electron chi connectivity index (χ3n) is 0.730. The van der Waals surface area contributed by atoms with Gasteiger partial charge in [-0.05, 0) is 13.8 Å². The van der Waals surface area contributed by atoms with Crippen LogP contribution < -0.4 is 11.1 Å². The van der Waals surface area contributed by atoms with Crippen molar-refractivity contribution >= 4 is 6.29 Å². The van der Waals surface area contributed by atoms with Gasteiger partial charge < -0.3 is 10.5 Å². The van der Waals surface area contributed by atoms with Crippen LogP contribution in [0.2, 0.25) is 0 Å². The smallest absolute Gasteiger partial charge is 0.136 e. The lowest BCUT2D eigenvalue weighted by molar-refractivity contribution is -0.109. The monoisotopic (exact) mass is 116 g/mol. The molecule has 0 saturated carbocycles. The molecule has 0 aromatic heterocycles. The molecule has 0 heterocycles. The van der Waals surface area contributed by atoms with Gasteiger partial charge in [0.2, 0.25) is 0 Å². The molecule has 0 fully saturated rings. The first-order valence-electron chi connectivity index (χ1n) is 2.63. The van der Waals surface area contributed by atoms with E-state index in [2.05, 4.69) is 5.32 Å². The summed E-state index contributed by atoms with van der Waals surface area (Å²) in [6, 6.07) is -0.130. The van der Waals surface area contributed by atoms with Crippen molar-refractivity contribution in [3.05, 3.63) is 0 Å². The van der Waals surface area contributed by atoms with Crippen molar-refractivity contribution in [1.29, 1.82) is 0 Å². The van der Waals surface area contributed by atoms with E-state index in [1.54, 1.807) is 13.8 Å². The maximum atomic E-state index is 9.92. The summed E-state index contributed by atoms with van der Waals surface area (Å²) in [6.45, 7) is 3.55.